The number of hydrogen-bond donors (Lipinski definition) is 0. The van der Waals surface area contributed by atoms with Crippen LogP contribution in [-0.2, 0) is 7.05 Å². The molecule has 23 heavy (non-hydrogen) atoms. The molecule has 0 N–H and O–H groups in total. The molecule has 3 aromatic rings. The second kappa shape index (κ2) is 5.49. The molecule has 7 heteroatoms. The van der Waals surface area contributed by atoms with E-state index < -0.39 is 0 Å². The largest absolute Gasteiger partial charge is 0.481 e. The van der Waals surface area contributed by atoms with Crippen LogP contribution in [0.15, 0.2) is 17.8 Å². The number of ether oxygens (including phenoxy) is 1. The SMILES string of the molecule is COc1c([C@@H]2CCCN2c2ncnc3ccsc23)c(C)nn1C. The predicted octanol–water partition coefficient (Wildman–Crippen LogP) is 3.08. The molecule has 3 aromatic heterocycles. The maximum absolute atomic E-state index is 5.61. The molecule has 0 aliphatic carbocycles. The standard InChI is InChI=1S/C16H19N5OS/c1-10-13(16(22-3)20(2)19-10)12-5-4-7-21(12)15-14-11(6-8-23-14)17-9-18-15/h6,8-9,12H,4-5,7H2,1-3H3/t12-/m0/s1. The Morgan fingerprint density at radius 1 is 1.35 bits per heavy atom. The van der Waals surface area contributed by atoms with Gasteiger partial charge in [-0.25, -0.2) is 14.6 Å². The van der Waals surface area contributed by atoms with E-state index in [9.17, 15) is 0 Å². The molecule has 0 amide bonds. The molecule has 1 fully saturated rings. The lowest BCUT2D eigenvalue weighted by molar-refractivity contribution is 0.366. The highest BCUT2D eigenvalue weighted by Gasteiger charge is 2.34. The average Bonchev–Trinajstić information content (AvgIpc) is 3.24. The van der Waals surface area contributed by atoms with E-state index in [2.05, 4.69) is 32.3 Å². The summed E-state index contributed by atoms with van der Waals surface area (Å²) in [7, 11) is 3.64. The highest BCUT2D eigenvalue weighted by Crippen LogP contribution is 2.42. The van der Waals surface area contributed by atoms with E-state index in [1.54, 1.807) is 24.8 Å². The predicted molar refractivity (Wildman–Crippen MR) is 91.2 cm³/mol. The first kappa shape index (κ1) is 14.4. The Kier molecular flexibility index (Phi) is 3.45. The number of hydrogen-bond acceptors (Lipinski definition) is 6. The van der Waals surface area contributed by atoms with Crippen LogP contribution < -0.4 is 9.64 Å². The molecule has 120 valence electrons. The number of rotatable bonds is 3. The molecule has 1 aliphatic heterocycles. The fraction of sp³-hybridized carbons (Fsp3) is 0.438. The first-order valence-corrected chi connectivity index (χ1v) is 8.61. The van der Waals surface area contributed by atoms with Gasteiger partial charge in [0.25, 0.3) is 0 Å². The Bertz CT molecular complexity index is 855. The Morgan fingerprint density at radius 2 is 2.22 bits per heavy atom. The molecule has 6 nitrogen and oxygen atoms in total. The van der Waals surface area contributed by atoms with Crippen molar-refractivity contribution in [2.75, 3.05) is 18.6 Å². The van der Waals surface area contributed by atoms with Crippen LogP contribution in [0.5, 0.6) is 5.88 Å². The number of nitrogens with zero attached hydrogens (tertiary/aromatic N) is 5. The van der Waals surface area contributed by atoms with Crippen LogP contribution >= 0.6 is 11.3 Å². The molecule has 4 heterocycles. The summed E-state index contributed by atoms with van der Waals surface area (Å²) in [6.07, 6.45) is 3.88. The molecule has 0 bridgehead atoms. The summed E-state index contributed by atoms with van der Waals surface area (Å²) < 4.78 is 8.58. The Hall–Kier alpha value is -2.15. The third kappa shape index (κ3) is 2.18. The van der Waals surface area contributed by atoms with Crippen molar-refractivity contribution in [3.8, 4) is 5.88 Å². The van der Waals surface area contributed by atoms with Gasteiger partial charge in [-0.2, -0.15) is 5.10 Å². The van der Waals surface area contributed by atoms with Crippen molar-refractivity contribution in [1.29, 1.82) is 0 Å². The maximum atomic E-state index is 5.61. The van der Waals surface area contributed by atoms with Gasteiger partial charge in [0.1, 0.15) is 6.33 Å². The lowest BCUT2D eigenvalue weighted by atomic mass is 10.1. The third-order valence-electron chi connectivity index (χ3n) is 4.49. The first-order chi connectivity index (χ1) is 11.2. The minimum atomic E-state index is 0.249. The van der Waals surface area contributed by atoms with E-state index in [0.717, 1.165) is 47.0 Å². The number of fused-ring (bicyclic) bond motifs is 1. The topological polar surface area (TPSA) is 56.1 Å². The molecule has 1 saturated heterocycles. The smallest absolute Gasteiger partial charge is 0.216 e. The molecule has 0 aromatic carbocycles. The van der Waals surface area contributed by atoms with E-state index in [1.807, 2.05) is 17.8 Å². The van der Waals surface area contributed by atoms with Gasteiger partial charge in [0.2, 0.25) is 5.88 Å². The van der Waals surface area contributed by atoms with Gasteiger partial charge in [0.15, 0.2) is 5.82 Å². The first-order valence-electron chi connectivity index (χ1n) is 7.73. The summed E-state index contributed by atoms with van der Waals surface area (Å²) in [5.41, 5.74) is 3.22. The fourth-order valence-corrected chi connectivity index (χ4v) is 4.43. The van der Waals surface area contributed by atoms with E-state index in [4.69, 9.17) is 4.74 Å². The number of aromatic nitrogens is 4. The summed E-state index contributed by atoms with van der Waals surface area (Å²) in [5, 5.41) is 6.61. The van der Waals surface area contributed by atoms with Crippen LogP contribution in [0.4, 0.5) is 5.82 Å². The zero-order valence-electron chi connectivity index (χ0n) is 13.5. The van der Waals surface area contributed by atoms with Crippen molar-refractivity contribution < 1.29 is 4.74 Å². The van der Waals surface area contributed by atoms with Gasteiger partial charge in [0.05, 0.1) is 34.6 Å². The quantitative estimate of drug-likeness (QED) is 0.739. The summed E-state index contributed by atoms with van der Waals surface area (Å²) >= 11 is 1.70. The van der Waals surface area contributed by atoms with Crippen LogP contribution in [0.3, 0.4) is 0 Å². The van der Waals surface area contributed by atoms with Crippen LogP contribution in [0.25, 0.3) is 10.2 Å². The second-order valence-electron chi connectivity index (χ2n) is 5.82. The molecular formula is C16H19N5OS. The second-order valence-corrected chi connectivity index (χ2v) is 6.73. The van der Waals surface area contributed by atoms with E-state index in [0.29, 0.717) is 0 Å². The van der Waals surface area contributed by atoms with Gasteiger partial charge in [-0.3, -0.25) is 0 Å². The van der Waals surface area contributed by atoms with E-state index >= 15 is 0 Å². The molecule has 0 radical (unpaired) electrons. The molecule has 0 saturated carbocycles. The number of aryl methyl sites for hydroxylation is 2. The molecule has 1 atom stereocenters. The van der Waals surface area contributed by atoms with E-state index in [1.165, 1.54) is 5.56 Å². The van der Waals surface area contributed by atoms with Gasteiger partial charge in [-0.15, -0.1) is 11.3 Å². The minimum absolute atomic E-state index is 0.249. The molecule has 1 aliphatic rings. The highest BCUT2D eigenvalue weighted by atomic mass is 32.1. The normalized spacial score (nSPS) is 18.0. The number of thiophene rings is 1. The van der Waals surface area contributed by atoms with Crippen LogP contribution in [0.1, 0.15) is 30.1 Å². The number of methoxy groups -OCH3 is 1. The Morgan fingerprint density at radius 3 is 3.04 bits per heavy atom. The van der Waals surface area contributed by atoms with Crippen molar-refractivity contribution in [2.24, 2.45) is 7.05 Å². The zero-order valence-corrected chi connectivity index (χ0v) is 14.3. The minimum Gasteiger partial charge on any atom is -0.481 e. The van der Waals surface area contributed by atoms with Crippen molar-refractivity contribution in [3.05, 3.63) is 29.0 Å². The van der Waals surface area contributed by atoms with Gasteiger partial charge in [-0.05, 0) is 31.2 Å². The van der Waals surface area contributed by atoms with Crippen molar-refractivity contribution in [1.82, 2.24) is 19.7 Å². The van der Waals surface area contributed by atoms with Gasteiger partial charge >= 0.3 is 0 Å². The van der Waals surface area contributed by atoms with Crippen molar-refractivity contribution in [2.45, 2.75) is 25.8 Å². The lowest BCUT2D eigenvalue weighted by Crippen LogP contribution is -2.24. The van der Waals surface area contributed by atoms with Crippen LogP contribution in [0, 0.1) is 6.92 Å². The van der Waals surface area contributed by atoms with Crippen LogP contribution in [0.2, 0.25) is 0 Å². The highest BCUT2D eigenvalue weighted by molar-refractivity contribution is 7.17. The summed E-state index contributed by atoms with van der Waals surface area (Å²) in [6.45, 7) is 3.04. The number of anilines is 1. The Balaban J connectivity index is 1.83. The fourth-order valence-electron chi connectivity index (χ4n) is 3.58. The summed E-state index contributed by atoms with van der Waals surface area (Å²) in [6, 6.07) is 2.30. The maximum Gasteiger partial charge on any atom is 0.216 e. The van der Waals surface area contributed by atoms with Gasteiger partial charge in [-0.1, -0.05) is 0 Å². The zero-order chi connectivity index (χ0) is 16.0. The van der Waals surface area contributed by atoms with Crippen molar-refractivity contribution >= 4 is 27.4 Å². The molecule has 4 rings (SSSR count). The average molecular weight is 329 g/mol. The summed E-state index contributed by atoms with van der Waals surface area (Å²) in [5.74, 6) is 1.87. The van der Waals surface area contributed by atoms with Crippen LogP contribution in [-0.4, -0.2) is 33.4 Å². The lowest BCUT2D eigenvalue weighted by Gasteiger charge is -2.26. The summed E-state index contributed by atoms with van der Waals surface area (Å²) in [4.78, 5) is 11.3. The molecule has 0 spiro atoms. The van der Waals surface area contributed by atoms with Gasteiger partial charge < -0.3 is 9.64 Å². The van der Waals surface area contributed by atoms with Gasteiger partial charge in [0, 0.05) is 13.6 Å². The molecular weight excluding hydrogens is 310 g/mol. The third-order valence-corrected chi connectivity index (χ3v) is 5.39. The van der Waals surface area contributed by atoms with Crippen molar-refractivity contribution in [3.63, 3.8) is 0 Å². The monoisotopic (exact) mass is 329 g/mol. The molecule has 0 unspecified atom stereocenters. The van der Waals surface area contributed by atoms with E-state index in [-0.39, 0.29) is 6.04 Å². The Labute approximate surface area is 138 Å².